The van der Waals surface area contributed by atoms with Crippen LogP contribution in [0.1, 0.15) is 27.2 Å². The summed E-state index contributed by atoms with van der Waals surface area (Å²) in [6.45, 7) is 7.84. The van der Waals surface area contributed by atoms with E-state index in [1.807, 2.05) is 20.8 Å². The van der Waals surface area contributed by atoms with E-state index in [0.717, 1.165) is 0 Å². The zero-order valence-electron chi connectivity index (χ0n) is 10.3. The second kappa shape index (κ2) is 5.50. The first-order chi connectivity index (χ1) is 7.53. The van der Waals surface area contributed by atoms with Crippen molar-refractivity contribution in [3.05, 3.63) is 0 Å². The van der Waals surface area contributed by atoms with Gasteiger partial charge >= 0.3 is 6.03 Å². The molecule has 94 valence electrons. The Bertz CT molecular complexity index is 243. The zero-order valence-corrected chi connectivity index (χ0v) is 10.3. The normalized spacial score (nSPS) is 29.1. The number of hydrogen-bond donors (Lipinski definition) is 2. The minimum Gasteiger partial charge on any atom is -0.385 e. The van der Waals surface area contributed by atoms with Gasteiger partial charge in [-0.3, -0.25) is 0 Å². The number of hydrogen-bond acceptors (Lipinski definition) is 3. The van der Waals surface area contributed by atoms with E-state index in [1.54, 1.807) is 4.90 Å². The van der Waals surface area contributed by atoms with Crippen molar-refractivity contribution in [1.29, 1.82) is 0 Å². The monoisotopic (exact) mass is 230 g/mol. The van der Waals surface area contributed by atoms with Crippen LogP contribution in [-0.2, 0) is 4.74 Å². The predicted molar refractivity (Wildman–Crippen MR) is 61.3 cm³/mol. The van der Waals surface area contributed by atoms with Crippen molar-refractivity contribution in [3.63, 3.8) is 0 Å². The average molecular weight is 230 g/mol. The number of amides is 2. The summed E-state index contributed by atoms with van der Waals surface area (Å²) in [6, 6.07) is -0.127. The molecule has 0 aromatic rings. The third-order valence-corrected chi connectivity index (χ3v) is 3.26. The molecule has 1 aliphatic rings. The van der Waals surface area contributed by atoms with E-state index in [9.17, 15) is 9.90 Å². The van der Waals surface area contributed by atoms with Gasteiger partial charge in [-0.15, -0.1) is 0 Å². The molecule has 2 unspecified atom stereocenters. The molecule has 5 nitrogen and oxygen atoms in total. The van der Waals surface area contributed by atoms with Crippen LogP contribution in [0, 0.1) is 0 Å². The van der Waals surface area contributed by atoms with Crippen LogP contribution in [0.3, 0.4) is 0 Å². The Kier molecular flexibility index (Phi) is 4.56. The summed E-state index contributed by atoms with van der Waals surface area (Å²) >= 11 is 0. The molecule has 0 aromatic carbocycles. The van der Waals surface area contributed by atoms with Gasteiger partial charge in [0.2, 0.25) is 0 Å². The Morgan fingerprint density at radius 1 is 1.56 bits per heavy atom. The summed E-state index contributed by atoms with van der Waals surface area (Å²) in [5.41, 5.74) is -0.914. The first-order valence-corrected chi connectivity index (χ1v) is 5.90. The van der Waals surface area contributed by atoms with E-state index in [-0.39, 0.29) is 18.7 Å². The van der Waals surface area contributed by atoms with Gasteiger partial charge in [0.25, 0.3) is 0 Å². The molecule has 0 aliphatic carbocycles. The second-order valence-corrected chi connectivity index (χ2v) is 4.20. The van der Waals surface area contributed by atoms with Gasteiger partial charge < -0.3 is 20.1 Å². The molecule has 1 rings (SSSR count). The van der Waals surface area contributed by atoms with Crippen LogP contribution in [0.15, 0.2) is 0 Å². The SMILES string of the molecule is CCN(CC)C(=O)NCC1(O)CCOC1C. The van der Waals surface area contributed by atoms with Crippen LogP contribution >= 0.6 is 0 Å². The highest BCUT2D eigenvalue weighted by atomic mass is 16.5. The van der Waals surface area contributed by atoms with Gasteiger partial charge in [0.1, 0.15) is 5.60 Å². The number of nitrogens with one attached hydrogen (secondary N) is 1. The molecule has 2 N–H and O–H groups in total. The van der Waals surface area contributed by atoms with Crippen molar-refractivity contribution < 1.29 is 14.6 Å². The zero-order chi connectivity index (χ0) is 12.2. The highest BCUT2D eigenvalue weighted by Gasteiger charge is 2.39. The van der Waals surface area contributed by atoms with E-state index >= 15 is 0 Å². The fraction of sp³-hybridized carbons (Fsp3) is 0.909. The third-order valence-electron chi connectivity index (χ3n) is 3.26. The van der Waals surface area contributed by atoms with E-state index in [4.69, 9.17) is 4.74 Å². The molecule has 0 bridgehead atoms. The van der Waals surface area contributed by atoms with Crippen molar-refractivity contribution in [3.8, 4) is 0 Å². The Labute approximate surface area is 96.8 Å². The maximum absolute atomic E-state index is 11.7. The molecular formula is C11H22N2O3. The van der Waals surface area contributed by atoms with Crippen molar-refractivity contribution >= 4 is 6.03 Å². The molecule has 16 heavy (non-hydrogen) atoms. The second-order valence-electron chi connectivity index (χ2n) is 4.20. The topological polar surface area (TPSA) is 61.8 Å². The molecule has 1 saturated heterocycles. The van der Waals surface area contributed by atoms with Crippen LogP contribution in [0.2, 0.25) is 0 Å². The summed E-state index contributed by atoms with van der Waals surface area (Å²) < 4.78 is 5.30. The fourth-order valence-electron chi connectivity index (χ4n) is 1.85. The maximum atomic E-state index is 11.7. The maximum Gasteiger partial charge on any atom is 0.317 e. The highest BCUT2D eigenvalue weighted by molar-refractivity contribution is 5.74. The van der Waals surface area contributed by atoms with E-state index in [2.05, 4.69) is 5.32 Å². The lowest BCUT2D eigenvalue weighted by Gasteiger charge is -2.28. The number of urea groups is 1. The molecule has 1 fully saturated rings. The molecule has 0 spiro atoms. The van der Waals surface area contributed by atoms with Crippen molar-refractivity contribution in [2.75, 3.05) is 26.2 Å². The summed E-state index contributed by atoms with van der Waals surface area (Å²) in [5.74, 6) is 0. The number of carbonyl (C=O) groups excluding carboxylic acids is 1. The molecule has 5 heteroatoms. The van der Waals surface area contributed by atoms with Gasteiger partial charge in [-0.1, -0.05) is 0 Å². The van der Waals surface area contributed by atoms with Crippen LogP contribution in [0.4, 0.5) is 4.79 Å². The molecule has 1 heterocycles. The van der Waals surface area contributed by atoms with Crippen LogP contribution in [0.25, 0.3) is 0 Å². The van der Waals surface area contributed by atoms with E-state index in [1.165, 1.54) is 0 Å². The number of aliphatic hydroxyl groups is 1. The van der Waals surface area contributed by atoms with Crippen LogP contribution in [0.5, 0.6) is 0 Å². The molecule has 2 amide bonds. The van der Waals surface area contributed by atoms with Gasteiger partial charge in [-0.05, 0) is 20.8 Å². The standard InChI is InChI=1S/C11H22N2O3/c1-4-13(5-2)10(14)12-8-11(15)6-7-16-9(11)3/h9,15H,4-8H2,1-3H3,(H,12,14). The minimum absolute atomic E-state index is 0.127. The Morgan fingerprint density at radius 2 is 2.19 bits per heavy atom. The van der Waals surface area contributed by atoms with Gasteiger partial charge in [-0.2, -0.15) is 0 Å². The Hall–Kier alpha value is -0.810. The Balaban J connectivity index is 2.42. The highest BCUT2D eigenvalue weighted by Crippen LogP contribution is 2.24. The smallest absolute Gasteiger partial charge is 0.317 e. The number of ether oxygens (including phenoxy) is 1. The summed E-state index contributed by atoms with van der Waals surface area (Å²) in [7, 11) is 0. The van der Waals surface area contributed by atoms with Gasteiger partial charge in [-0.25, -0.2) is 4.79 Å². The number of rotatable bonds is 4. The lowest BCUT2D eigenvalue weighted by Crippen LogP contribution is -2.50. The molecule has 2 atom stereocenters. The Morgan fingerprint density at radius 3 is 2.62 bits per heavy atom. The first-order valence-electron chi connectivity index (χ1n) is 5.90. The fourth-order valence-corrected chi connectivity index (χ4v) is 1.85. The predicted octanol–water partition coefficient (Wildman–Crippen LogP) is 0.578. The van der Waals surface area contributed by atoms with E-state index < -0.39 is 5.60 Å². The molecule has 0 aromatic heterocycles. The van der Waals surface area contributed by atoms with Gasteiger partial charge in [0.05, 0.1) is 12.6 Å². The van der Waals surface area contributed by atoms with Gasteiger partial charge in [0.15, 0.2) is 0 Å². The van der Waals surface area contributed by atoms with Crippen LogP contribution < -0.4 is 5.32 Å². The first kappa shape index (κ1) is 13.3. The number of nitrogens with zero attached hydrogens (tertiary/aromatic N) is 1. The molecular weight excluding hydrogens is 208 g/mol. The quantitative estimate of drug-likeness (QED) is 0.742. The van der Waals surface area contributed by atoms with Crippen molar-refractivity contribution in [2.45, 2.75) is 38.9 Å². The lowest BCUT2D eigenvalue weighted by molar-refractivity contribution is -0.0248. The third kappa shape index (κ3) is 2.86. The number of carbonyl (C=O) groups is 1. The summed E-state index contributed by atoms with van der Waals surface area (Å²) in [5, 5.41) is 12.9. The molecule has 0 saturated carbocycles. The lowest BCUT2D eigenvalue weighted by atomic mass is 9.97. The van der Waals surface area contributed by atoms with E-state index in [0.29, 0.717) is 26.1 Å². The average Bonchev–Trinajstić information content (AvgIpc) is 2.59. The summed E-state index contributed by atoms with van der Waals surface area (Å²) in [6.07, 6.45) is 0.358. The summed E-state index contributed by atoms with van der Waals surface area (Å²) in [4.78, 5) is 13.4. The largest absolute Gasteiger partial charge is 0.385 e. The molecule has 1 aliphatic heterocycles. The van der Waals surface area contributed by atoms with Crippen LogP contribution in [-0.4, -0.2) is 54.0 Å². The van der Waals surface area contributed by atoms with Crippen molar-refractivity contribution in [1.82, 2.24) is 10.2 Å². The minimum atomic E-state index is -0.914. The molecule has 0 radical (unpaired) electrons. The van der Waals surface area contributed by atoms with Gasteiger partial charge in [0, 0.05) is 26.1 Å². The van der Waals surface area contributed by atoms with Crippen molar-refractivity contribution in [2.24, 2.45) is 0 Å².